The first-order valence-electron chi connectivity index (χ1n) is 5.86. The summed E-state index contributed by atoms with van der Waals surface area (Å²) in [5.41, 5.74) is 5.24. The standard InChI is InChI=1S/C14H22FNO2/c1-13(2,15)9-7-12(18-6)10(14(3,4)16)8-11(9)17-5/h7-8H,16H2,1-6H3. The fraction of sp³-hybridized carbons (Fsp3) is 0.571. The van der Waals surface area contributed by atoms with E-state index < -0.39 is 11.2 Å². The molecule has 0 aliphatic carbocycles. The lowest BCUT2D eigenvalue weighted by Crippen LogP contribution is -2.29. The molecule has 1 aromatic rings. The number of ether oxygens (including phenoxy) is 2. The summed E-state index contributed by atoms with van der Waals surface area (Å²) < 4.78 is 24.7. The molecule has 18 heavy (non-hydrogen) atoms. The van der Waals surface area contributed by atoms with Crippen molar-refractivity contribution in [2.24, 2.45) is 5.73 Å². The third-order valence-electron chi connectivity index (χ3n) is 2.86. The molecular formula is C14H22FNO2. The van der Waals surface area contributed by atoms with E-state index in [1.54, 1.807) is 19.2 Å². The first-order chi connectivity index (χ1) is 8.11. The van der Waals surface area contributed by atoms with E-state index in [1.807, 2.05) is 13.8 Å². The van der Waals surface area contributed by atoms with Gasteiger partial charge in [-0.25, -0.2) is 4.39 Å². The Hall–Kier alpha value is -1.29. The van der Waals surface area contributed by atoms with Crippen LogP contribution in [0.4, 0.5) is 4.39 Å². The molecule has 0 aliphatic heterocycles. The molecule has 102 valence electrons. The van der Waals surface area contributed by atoms with Crippen LogP contribution >= 0.6 is 0 Å². The Morgan fingerprint density at radius 2 is 1.33 bits per heavy atom. The van der Waals surface area contributed by atoms with Crippen LogP contribution in [0.5, 0.6) is 11.5 Å². The maximum Gasteiger partial charge on any atom is 0.134 e. The van der Waals surface area contributed by atoms with Crippen LogP contribution in [-0.4, -0.2) is 14.2 Å². The van der Waals surface area contributed by atoms with Crippen LogP contribution in [-0.2, 0) is 11.2 Å². The Morgan fingerprint density at radius 1 is 0.944 bits per heavy atom. The van der Waals surface area contributed by atoms with Gasteiger partial charge in [0.2, 0.25) is 0 Å². The molecule has 0 aromatic heterocycles. The highest BCUT2D eigenvalue weighted by molar-refractivity contribution is 5.51. The molecule has 0 spiro atoms. The molecule has 0 aliphatic rings. The van der Waals surface area contributed by atoms with Crippen LogP contribution in [0.15, 0.2) is 12.1 Å². The fourth-order valence-electron chi connectivity index (χ4n) is 1.87. The third kappa shape index (κ3) is 2.93. The molecule has 0 saturated carbocycles. The SMILES string of the molecule is COc1cc(C(C)(C)F)c(OC)cc1C(C)(C)N. The van der Waals surface area contributed by atoms with Crippen molar-refractivity contribution in [3.63, 3.8) is 0 Å². The van der Waals surface area contributed by atoms with Gasteiger partial charge < -0.3 is 15.2 Å². The number of halogens is 1. The highest BCUT2D eigenvalue weighted by atomic mass is 19.1. The summed E-state index contributed by atoms with van der Waals surface area (Å²) in [6.45, 7) is 6.70. The van der Waals surface area contributed by atoms with Gasteiger partial charge in [-0.3, -0.25) is 0 Å². The molecule has 0 atom stereocenters. The van der Waals surface area contributed by atoms with Gasteiger partial charge in [-0.1, -0.05) is 0 Å². The predicted octanol–water partition coefficient (Wildman–Crippen LogP) is 3.10. The molecule has 1 aromatic carbocycles. The van der Waals surface area contributed by atoms with E-state index in [4.69, 9.17) is 15.2 Å². The second-order valence-electron chi connectivity index (χ2n) is 5.45. The maximum atomic E-state index is 14.1. The van der Waals surface area contributed by atoms with Gasteiger partial charge in [-0.2, -0.15) is 0 Å². The second kappa shape index (κ2) is 4.76. The fourth-order valence-corrected chi connectivity index (χ4v) is 1.87. The summed E-state index contributed by atoms with van der Waals surface area (Å²) >= 11 is 0. The highest BCUT2D eigenvalue weighted by Gasteiger charge is 2.28. The zero-order valence-corrected chi connectivity index (χ0v) is 11.9. The van der Waals surface area contributed by atoms with Gasteiger partial charge in [0.15, 0.2) is 0 Å². The van der Waals surface area contributed by atoms with E-state index in [2.05, 4.69) is 0 Å². The number of methoxy groups -OCH3 is 2. The first kappa shape index (κ1) is 14.8. The zero-order chi connectivity index (χ0) is 14.1. The van der Waals surface area contributed by atoms with Crippen LogP contribution in [0, 0.1) is 0 Å². The summed E-state index contributed by atoms with van der Waals surface area (Å²) in [5, 5.41) is 0. The van der Waals surface area contributed by atoms with Crippen LogP contribution < -0.4 is 15.2 Å². The molecule has 0 bridgehead atoms. The molecule has 1 rings (SSSR count). The minimum absolute atomic E-state index is 0.454. The molecule has 4 heteroatoms. The van der Waals surface area contributed by atoms with Crippen molar-refractivity contribution in [3.8, 4) is 11.5 Å². The second-order valence-corrected chi connectivity index (χ2v) is 5.45. The van der Waals surface area contributed by atoms with Crippen molar-refractivity contribution in [1.82, 2.24) is 0 Å². The van der Waals surface area contributed by atoms with Crippen molar-refractivity contribution < 1.29 is 13.9 Å². The van der Waals surface area contributed by atoms with Gasteiger partial charge in [0.1, 0.15) is 17.2 Å². The smallest absolute Gasteiger partial charge is 0.134 e. The summed E-state index contributed by atoms with van der Waals surface area (Å²) in [4.78, 5) is 0. The van der Waals surface area contributed by atoms with Gasteiger partial charge in [0.05, 0.1) is 14.2 Å². The lowest BCUT2D eigenvalue weighted by atomic mass is 9.89. The molecule has 0 heterocycles. The minimum atomic E-state index is -1.50. The van der Waals surface area contributed by atoms with Gasteiger partial charge in [0, 0.05) is 16.7 Å². The van der Waals surface area contributed by atoms with Crippen LogP contribution in [0.1, 0.15) is 38.8 Å². The van der Waals surface area contributed by atoms with Crippen LogP contribution in [0.3, 0.4) is 0 Å². The Morgan fingerprint density at radius 3 is 1.67 bits per heavy atom. The first-order valence-corrected chi connectivity index (χ1v) is 5.86. The summed E-state index contributed by atoms with van der Waals surface area (Å²) in [5.74, 6) is 1.06. The summed E-state index contributed by atoms with van der Waals surface area (Å²) in [6.07, 6.45) is 0. The van der Waals surface area contributed by atoms with Crippen LogP contribution in [0.2, 0.25) is 0 Å². The molecule has 0 unspecified atom stereocenters. The van der Waals surface area contributed by atoms with Crippen molar-refractivity contribution in [1.29, 1.82) is 0 Å². The van der Waals surface area contributed by atoms with Crippen molar-refractivity contribution in [2.45, 2.75) is 38.9 Å². The Bertz CT molecular complexity index is 389. The Labute approximate surface area is 108 Å². The lowest BCUT2D eigenvalue weighted by Gasteiger charge is -2.26. The van der Waals surface area contributed by atoms with E-state index in [0.29, 0.717) is 17.1 Å². The average Bonchev–Trinajstić information content (AvgIpc) is 2.24. The van der Waals surface area contributed by atoms with E-state index in [9.17, 15) is 4.39 Å². The third-order valence-corrected chi connectivity index (χ3v) is 2.86. The molecule has 0 saturated heterocycles. The number of hydrogen-bond donors (Lipinski definition) is 1. The van der Waals surface area contributed by atoms with E-state index >= 15 is 0 Å². The van der Waals surface area contributed by atoms with Gasteiger partial charge in [0.25, 0.3) is 0 Å². The van der Waals surface area contributed by atoms with Gasteiger partial charge >= 0.3 is 0 Å². The lowest BCUT2D eigenvalue weighted by molar-refractivity contribution is 0.212. The zero-order valence-electron chi connectivity index (χ0n) is 11.9. The largest absolute Gasteiger partial charge is 0.496 e. The normalized spacial score (nSPS) is 12.4. The Kier molecular flexibility index (Phi) is 3.91. The van der Waals surface area contributed by atoms with E-state index in [1.165, 1.54) is 21.0 Å². The topological polar surface area (TPSA) is 44.5 Å². The molecule has 2 N–H and O–H groups in total. The molecular weight excluding hydrogens is 233 g/mol. The molecule has 0 amide bonds. The summed E-state index contributed by atoms with van der Waals surface area (Å²) in [6, 6.07) is 3.40. The minimum Gasteiger partial charge on any atom is -0.496 e. The van der Waals surface area contributed by atoms with Crippen LogP contribution in [0.25, 0.3) is 0 Å². The average molecular weight is 255 g/mol. The van der Waals surface area contributed by atoms with Crippen molar-refractivity contribution in [2.75, 3.05) is 14.2 Å². The van der Waals surface area contributed by atoms with E-state index in [0.717, 1.165) is 5.56 Å². The van der Waals surface area contributed by atoms with Gasteiger partial charge in [-0.05, 0) is 39.8 Å². The van der Waals surface area contributed by atoms with Gasteiger partial charge in [-0.15, -0.1) is 0 Å². The maximum absolute atomic E-state index is 14.1. The number of hydrogen-bond acceptors (Lipinski definition) is 3. The summed E-state index contributed by atoms with van der Waals surface area (Å²) in [7, 11) is 3.07. The van der Waals surface area contributed by atoms with Crippen molar-refractivity contribution >= 4 is 0 Å². The quantitative estimate of drug-likeness (QED) is 0.899. The molecule has 3 nitrogen and oxygen atoms in total. The molecule has 0 fully saturated rings. The number of rotatable bonds is 4. The highest BCUT2D eigenvalue weighted by Crippen LogP contribution is 2.40. The Balaban J connectivity index is 3.52. The monoisotopic (exact) mass is 255 g/mol. The number of benzene rings is 1. The van der Waals surface area contributed by atoms with E-state index in [-0.39, 0.29) is 0 Å². The number of alkyl halides is 1. The number of nitrogens with two attached hydrogens (primary N) is 1. The van der Waals surface area contributed by atoms with Crippen molar-refractivity contribution in [3.05, 3.63) is 23.3 Å². The predicted molar refractivity (Wildman–Crippen MR) is 70.9 cm³/mol. The molecule has 0 radical (unpaired) electrons.